The molecule has 176 valence electrons. The van der Waals surface area contributed by atoms with E-state index < -0.39 is 0 Å². The second-order valence-electron chi connectivity index (χ2n) is 8.15. The number of carbonyl (C=O) groups excluding carboxylic acids is 1. The lowest BCUT2D eigenvalue weighted by Gasteiger charge is -2.35. The molecule has 33 heavy (non-hydrogen) atoms. The molecule has 0 radical (unpaired) electrons. The number of hydrogen-bond acceptors (Lipinski definition) is 6. The molecule has 1 unspecified atom stereocenters. The van der Waals surface area contributed by atoms with Crippen LogP contribution in [0.4, 0.5) is 11.4 Å². The average molecular weight is 471 g/mol. The van der Waals surface area contributed by atoms with E-state index in [0.717, 1.165) is 49.0 Å². The number of carbonyl (C=O) groups is 1. The van der Waals surface area contributed by atoms with Gasteiger partial charge in [0, 0.05) is 53.8 Å². The van der Waals surface area contributed by atoms with Gasteiger partial charge in [-0.05, 0) is 44.7 Å². The van der Waals surface area contributed by atoms with Crippen molar-refractivity contribution in [2.75, 3.05) is 26.1 Å². The molecule has 1 fully saturated rings. The number of piperidine rings is 1. The molecule has 1 aliphatic rings. The second kappa shape index (κ2) is 10.7. The van der Waals surface area contributed by atoms with E-state index in [2.05, 4.69) is 22.2 Å². The number of nitrogens with zero attached hydrogens (tertiary/aromatic N) is 3. The van der Waals surface area contributed by atoms with E-state index in [0.29, 0.717) is 28.4 Å². The van der Waals surface area contributed by atoms with E-state index >= 15 is 0 Å². The van der Waals surface area contributed by atoms with Crippen molar-refractivity contribution in [3.05, 3.63) is 47.8 Å². The summed E-state index contributed by atoms with van der Waals surface area (Å²) in [5.74, 6) is 1.33. The zero-order chi connectivity index (χ0) is 22.7. The SMILES string of the molecule is CCC1CCCCN1C(=O)c1cnc2nc(C)ccc2c1Nc1cc(OC)cc(OC)c1.Cl. The summed E-state index contributed by atoms with van der Waals surface area (Å²) in [6.07, 6.45) is 5.83. The number of hydrogen-bond donors (Lipinski definition) is 1. The Labute approximate surface area is 200 Å². The van der Waals surface area contributed by atoms with Gasteiger partial charge in [-0.25, -0.2) is 9.97 Å². The Morgan fingerprint density at radius 1 is 1.15 bits per heavy atom. The van der Waals surface area contributed by atoms with Gasteiger partial charge in [-0.15, -0.1) is 12.4 Å². The van der Waals surface area contributed by atoms with E-state index in [4.69, 9.17) is 9.47 Å². The number of rotatable bonds is 6. The molecule has 1 aromatic carbocycles. The number of benzene rings is 1. The second-order valence-corrected chi connectivity index (χ2v) is 8.15. The van der Waals surface area contributed by atoms with E-state index in [1.165, 1.54) is 0 Å². The highest BCUT2D eigenvalue weighted by atomic mass is 35.5. The van der Waals surface area contributed by atoms with Crippen molar-refractivity contribution in [1.82, 2.24) is 14.9 Å². The number of amides is 1. The number of ether oxygens (including phenoxy) is 2. The lowest BCUT2D eigenvalue weighted by Crippen LogP contribution is -2.43. The van der Waals surface area contributed by atoms with E-state index in [1.807, 2.05) is 42.2 Å². The standard InChI is InChI=1S/C25H30N4O3.ClH/c1-5-18-8-6-7-11-29(18)25(30)22-15-26-24-21(10-9-16(2)27-24)23(22)28-17-12-19(31-3)14-20(13-17)32-4;/h9-10,12-15,18H,5-8,11H2,1-4H3,(H,26,27,28);1H. The number of aryl methyl sites for hydroxylation is 1. The summed E-state index contributed by atoms with van der Waals surface area (Å²) in [7, 11) is 3.23. The number of aromatic nitrogens is 2. The Bertz CT molecular complexity index is 1120. The van der Waals surface area contributed by atoms with Crippen molar-refractivity contribution in [2.24, 2.45) is 0 Å². The molecule has 4 rings (SSSR count). The van der Waals surface area contributed by atoms with Crippen molar-refractivity contribution in [3.8, 4) is 11.5 Å². The normalized spacial score (nSPS) is 15.6. The number of methoxy groups -OCH3 is 2. The van der Waals surface area contributed by atoms with Gasteiger partial charge in [-0.2, -0.15) is 0 Å². The number of pyridine rings is 2. The van der Waals surface area contributed by atoms with Crippen LogP contribution in [0.2, 0.25) is 0 Å². The van der Waals surface area contributed by atoms with E-state index in [-0.39, 0.29) is 24.4 Å². The lowest BCUT2D eigenvalue weighted by atomic mass is 9.98. The summed E-state index contributed by atoms with van der Waals surface area (Å²) in [6.45, 7) is 4.84. The average Bonchev–Trinajstić information content (AvgIpc) is 2.83. The summed E-state index contributed by atoms with van der Waals surface area (Å²) in [5.41, 5.74) is 3.48. The zero-order valence-corrected chi connectivity index (χ0v) is 20.4. The van der Waals surface area contributed by atoms with Crippen molar-refractivity contribution in [3.63, 3.8) is 0 Å². The van der Waals surface area contributed by atoms with Crippen molar-refractivity contribution in [1.29, 1.82) is 0 Å². The molecule has 0 aliphatic carbocycles. The van der Waals surface area contributed by atoms with Crippen LogP contribution in [0.3, 0.4) is 0 Å². The van der Waals surface area contributed by atoms with Gasteiger partial charge in [0.25, 0.3) is 5.91 Å². The number of fused-ring (bicyclic) bond motifs is 1. The minimum atomic E-state index is 0. The lowest BCUT2D eigenvalue weighted by molar-refractivity contribution is 0.0609. The van der Waals surface area contributed by atoms with Gasteiger partial charge >= 0.3 is 0 Å². The summed E-state index contributed by atoms with van der Waals surface area (Å²) in [4.78, 5) is 24.8. The molecule has 2 aromatic heterocycles. The summed E-state index contributed by atoms with van der Waals surface area (Å²) in [5, 5.41) is 4.25. The molecular weight excluding hydrogens is 440 g/mol. The summed E-state index contributed by atoms with van der Waals surface area (Å²) < 4.78 is 10.8. The maximum Gasteiger partial charge on any atom is 0.257 e. The largest absolute Gasteiger partial charge is 0.497 e. The highest BCUT2D eigenvalue weighted by molar-refractivity contribution is 6.07. The third-order valence-electron chi connectivity index (χ3n) is 6.08. The highest BCUT2D eigenvalue weighted by Gasteiger charge is 2.29. The van der Waals surface area contributed by atoms with Crippen LogP contribution in [0.1, 0.15) is 48.7 Å². The quantitative estimate of drug-likeness (QED) is 0.510. The Morgan fingerprint density at radius 2 is 1.88 bits per heavy atom. The Hall–Kier alpha value is -3.06. The molecule has 3 heterocycles. The highest BCUT2D eigenvalue weighted by Crippen LogP contribution is 2.34. The van der Waals surface area contributed by atoms with E-state index in [9.17, 15) is 4.79 Å². The molecular formula is C25H31ClN4O3. The minimum Gasteiger partial charge on any atom is -0.497 e. The third-order valence-corrected chi connectivity index (χ3v) is 6.08. The van der Waals surface area contributed by atoms with E-state index in [1.54, 1.807) is 20.4 Å². The van der Waals surface area contributed by atoms with Gasteiger partial charge in [0.2, 0.25) is 0 Å². The maximum absolute atomic E-state index is 13.7. The van der Waals surface area contributed by atoms with Crippen molar-refractivity contribution < 1.29 is 14.3 Å². The van der Waals surface area contributed by atoms with Crippen LogP contribution < -0.4 is 14.8 Å². The molecule has 0 spiro atoms. The number of halogens is 1. The van der Waals surface area contributed by atoms with Gasteiger partial charge in [-0.1, -0.05) is 6.92 Å². The predicted molar refractivity (Wildman–Crippen MR) is 133 cm³/mol. The first-order valence-corrected chi connectivity index (χ1v) is 11.1. The Morgan fingerprint density at radius 3 is 2.55 bits per heavy atom. The Balaban J connectivity index is 0.00000306. The topological polar surface area (TPSA) is 76.6 Å². The zero-order valence-electron chi connectivity index (χ0n) is 19.6. The van der Waals surface area contributed by atoms with Gasteiger partial charge in [0.1, 0.15) is 11.5 Å². The fourth-order valence-electron chi connectivity index (χ4n) is 4.34. The maximum atomic E-state index is 13.7. The third kappa shape index (κ3) is 5.14. The monoisotopic (exact) mass is 470 g/mol. The first-order chi connectivity index (χ1) is 15.5. The van der Waals surface area contributed by atoms with Crippen LogP contribution >= 0.6 is 12.4 Å². The number of anilines is 2. The van der Waals surface area contributed by atoms with Gasteiger partial charge in [0.15, 0.2) is 5.65 Å². The van der Waals surface area contributed by atoms with Crippen LogP contribution in [0.25, 0.3) is 11.0 Å². The molecule has 3 aromatic rings. The van der Waals surface area contributed by atoms with Crippen LogP contribution in [0.5, 0.6) is 11.5 Å². The predicted octanol–water partition coefficient (Wildman–Crippen LogP) is 5.53. The van der Waals surface area contributed by atoms with Crippen LogP contribution in [-0.4, -0.2) is 47.6 Å². The molecule has 0 bridgehead atoms. The smallest absolute Gasteiger partial charge is 0.257 e. The molecule has 1 atom stereocenters. The fourth-order valence-corrected chi connectivity index (χ4v) is 4.34. The molecule has 0 saturated carbocycles. The first kappa shape index (κ1) is 24.6. The van der Waals surface area contributed by atoms with Crippen LogP contribution in [-0.2, 0) is 0 Å². The van der Waals surface area contributed by atoms with Crippen molar-refractivity contribution >= 4 is 40.7 Å². The number of nitrogens with one attached hydrogen (secondary N) is 1. The fraction of sp³-hybridized carbons (Fsp3) is 0.400. The molecule has 7 nitrogen and oxygen atoms in total. The van der Waals surface area contributed by atoms with Gasteiger partial charge in [0.05, 0.1) is 25.5 Å². The molecule has 1 saturated heterocycles. The first-order valence-electron chi connectivity index (χ1n) is 11.1. The summed E-state index contributed by atoms with van der Waals surface area (Å²) >= 11 is 0. The van der Waals surface area contributed by atoms with Gasteiger partial charge in [-0.3, -0.25) is 4.79 Å². The molecule has 8 heteroatoms. The Kier molecular flexibility index (Phi) is 7.97. The van der Waals surface area contributed by atoms with Crippen molar-refractivity contribution in [2.45, 2.75) is 45.6 Å². The summed E-state index contributed by atoms with van der Waals surface area (Å²) in [6, 6.07) is 9.72. The van der Waals surface area contributed by atoms with Crippen LogP contribution in [0, 0.1) is 6.92 Å². The molecule has 1 aliphatic heterocycles. The number of likely N-dealkylation sites (tertiary alicyclic amines) is 1. The molecule has 1 amide bonds. The molecule has 1 N–H and O–H groups in total. The van der Waals surface area contributed by atoms with Crippen LogP contribution in [0.15, 0.2) is 36.5 Å². The van der Waals surface area contributed by atoms with Gasteiger partial charge < -0.3 is 19.7 Å². The minimum absolute atomic E-state index is 0.